The number of amides is 1. The van der Waals surface area contributed by atoms with Gasteiger partial charge in [-0.1, -0.05) is 30.3 Å². The largest absolute Gasteiger partial charge is 0.465 e. The van der Waals surface area contributed by atoms with E-state index in [0.29, 0.717) is 11.3 Å². The van der Waals surface area contributed by atoms with E-state index in [-0.39, 0.29) is 18.8 Å². The fourth-order valence-corrected chi connectivity index (χ4v) is 1.97. The predicted molar refractivity (Wildman–Crippen MR) is 84.0 cm³/mol. The maximum absolute atomic E-state index is 11.8. The highest BCUT2D eigenvalue weighted by Crippen LogP contribution is 2.16. The molecule has 0 fully saturated rings. The molecule has 2 aromatic carbocycles. The van der Waals surface area contributed by atoms with Gasteiger partial charge in [0.15, 0.2) is 0 Å². The summed E-state index contributed by atoms with van der Waals surface area (Å²) in [5, 5.41) is 11.8. The van der Waals surface area contributed by atoms with Crippen LogP contribution < -0.4 is 5.32 Å². The number of esters is 1. The van der Waals surface area contributed by atoms with Crippen LogP contribution in [0.1, 0.15) is 21.5 Å². The highest BCUT2D eigenvalue weighted by Gasteiger charge is 2.11. The number of carbonyl (C=O) groups is 2. The molecule has 0 atom stereocenters. The monoisotopic (exact) mass is 315 g/mol. The fourth-order valence-electron chi connectivity index (χ4n) is 1.97. The number of hydrogen-bond acceptors (Lipinski definition) is 5. The maximum atomic E-state index is 11.8. The van der Waals surface area contributed by atoms with Crippen molar-refractivity contribution in [3.05, 3.63) is 65.2 Å². The molecule has 0 unspecified atom stereocenters. The molecular formula is C17H17NO5. The van der Waals surface area contributed by atoms with Gasteiger partial charge in [-0.3, -0.25) is 5.32 Å². The summed E-state index contributed by atoms with van der Waals surface area (Å²) in [5.74, 6) is -0.555. The van der Waals surface area contributed by atoms with Gasteiger partial charge in [0.25, 0.3) is 0 Å². The minimum absolute atomic E-state index is 0.135. The van der Waals surface area contributed by atoms with Gasteiger partial charge in [-0.2, -0.15) is 0 Å². The molecule has 0 bridgehead atoms. The molecule has 23 heavy (non-hydrogen) atoms. The van der Waals surface area contributed by atoms with Crippen LogP contribution in [0.15, 0.2) is 48.5 Å². The van der Waals surface area contributed by atoms with Crippen molar-refractivity contribution in [2.24, 2.45) is 0 Å². The van der Waals surface area contributed by atoms with E-state index in [2.05, 4.69) is 10.1 Å². The number of benzene rings is 2. The summed E-state index contributed by atoms with van der Waals surface area (Å²) in [7, 11) is 1.26. The maximum Gasteiger partial charge on any atom is 0.411 e. The Morgan fingerprint density at radius 1 is 1.09 bits per heavy atom. The van der Waals surface area contributed by atoms with Crippen LogP contribution >= 0.6 is 0 Å². The topological polar surface area (TPSA) is 84.9 Å². The third-order valence-corrected chi connectivity index (χ3v) is 3.06. The summed E-state index contributed by atoms with van der Waals surface area (Å²) < 4.78 is 9.74. The van der Waals surface area contributed by atoms with Crippen molar-refractivity contribution in [2.75, 3.05) is 12.4 Å². The van der Waals surface area contributed by atoms with Gasteiger partial charge in [0.05, 0.1) is 19.3 Å². The average Bonchev–Trinajstić information content (AvgIpc) is 2.59. The first kappa shape index (κ1) is 16.5. The molecule has 0 spiro atoms. The minimum atomic E-state index is -0.653. The van der Waals surface area contributed by atoms with Crippen LogP contribution in [0.5, 0.6) is 0 Å². The number of methoxy groups -OCH3 is 1. The first-order chi connectivity index (χ1) is 11.1. The summed E-state index contributed by atoms with van der Waals surface area (Å²) in [6.45, 7) is -0.130. The molecule has 0 aliphatic rings. The highest BCUT2D eigenvalue weighted by molar-refractivity contribution is 5.92. The van der Waals surface area contributed by atoms with E-state index < -0.39 is 12.1 Å². The van der Waals surface area contributed by atoms with Crippen LogP contribution in [0, 0.1) is 0 Å². The van der Waals surface area contributed by atoms with Gasteiger partial charge < -0.3 is 14.6 Å². The summed E-state index contributed by atoms with van der Waals surface area (Å²) in [6.07, 6.45) is -0.653. The lowest BCUT2D eigenvalue weighted by Gasteiger charge is -2.10. The molecule has 0 heterocycles. The number of aliphatic hydroxyl groups is 1. The van der Waals surface area contributed by atoms with Gasteiger partial charge in [-0.25, -0.2) is 9.59 Å². The second-order valence-electron chi connectivity index (χ2n) is 4.76. The smallest absolute Gasteiger partial charge is 0.411 e. The Labute approximate surface area is 133 Å². The van der Waals surface area contributed by atoms with E-state index >= 15 is 0 Å². The molecule has 0 aromatic heterocycles. The first-order valence-electron chi connectivity index (χ1n) is 6.93. The Morgan fingerprint density at radius 3 is 2.48 bits per heavy atom. The molecule has 2 N–H and O–H groups in total. The van der Waals surface area contributed by atoms with Gasteiger partial charge in [0, 0.05) is 5.69 Å². The summed E-state index contributed by atoms with van der Waals surface area (Å²) in [4.78, 5) is 23.4. The van der Waals surface area contributed by atoms with E-state index in [1.807, 2.05) is 30.3 Å². The Balaban J connectivity index is 2.03. The van der Waals surface area contributed by atoms with Crippen molar-refractivity contribution in [1.29, 1.82) is 0 Å². The molecule has 0 saturated heterocycles. The van der Waals surface area contributed by atoms with Crippen LogP contribution in [0.2, 0.25) is 0 Å². The minimum Gasteiger partial charge on any atom is -0.465 e. The zero-order valence-electron chi connectivity index (χ0n) is 12.6. The number of ether oxygens (including phenoxy) is 2. The van der Waals surface area contributed by atoms with Crippen LogP contribution in [0.3, 0.4) is 0 Å². The molecule has 6 nitrogen and oxygen atoms in total. The average molecular weight is 315 g/mol. The van der Waals surface area contributed by atoms with Crippen molar-refractivity contribution >= 4 is 17.7 Å². The van der Waals surface area contributed by atoms with Crippen molar-refractivity contribution in [2.45, 2.75) is 13.2 Å². The van der Waals surface area contributed by atoms with Crippen molar-refractivity contribution in [1.82, 2.24) is 0 Å². The number of carbonyl (C=O) groups excluding carboxylic acids is 2. The molecular weight excluding hydrogens is 298 g/mol. The normalized spacial score (nSPS) is 10.0. The SMILES string of the molecule is COC(=O)c1cc(CO)cc(NC(=O)OCc2ccccc2)c1. The van der Waals surface area contributed by atoms with Gasteiger partial charge in [0.1, 0.15) is 6.61 Å². The molecule has 120 valence electrons. The number of anilines is 1. The van der Waals surface area contributed by atoms with Crippen LogP contribution in [0.25, 0.3) is 0 Å². The Kier molecular flexibility index (Phi) is 5.71. The Hall–Kier alpha value is -2.86. The fraction of sp³-hybridized carbons (Fsp3) is 0.176. The molecule has 1 amide bonds. The predicted octanol–water partition coefficient (Wildman–Crippen LogP) is 2.71. The van der Waals surface area contributed by atoms with Crippen LogP contribution in [0.4, 0.5) is 10.5 Å². The summed E-state index contributed by atoms with van der Waals surface area (Å²) >= 11 is 0. The Morgan fingerprint density at radius 2 is 1.83 bits per heavy atom. The first-order valence-corrected chi connectivity index (χ1v) is 6.93. The van der Waals surface area contributed by atoms with Crippen molar-refractivity contribution in [3.63, 3.8) is 0 Å². The van der Waals surface area contributed by atoms with E-state index in [0.717, 1.165) is 5.56 Å². The second-order valence-corrected chi connectivity index (χ2v) is 4.76. The van der Waals surface area contributed by atoms with E-state index in [1.54, 1.807) is 6.07 Å². The zero-order chi connectivity index (χ0) is 16.7. The van der Waals surface area contributed by atoms with Crippen molar-refractivity contribution in [3.8, 4) is 0 Å². The quantitative estimate of drug-likeness (QED) is 0.829. The third kappa shape index (κ3) is 4.82. The molecule has 6 heteroatoms. The molecule has 0 aliphatic carbocycles. The molecule has 2 aromatic rings. The lowest BCUT2D eigenvalue weighted by Crippen LogP contribution is -2.14. The van der Waals surface area contributed by atoms with E-state index in [1.165, 1.54) is 19.2 Å². The second kappa shape index (κ2) is 7.95. The number of nitrogens with one attached hydrogen (secondary N) is 1. The lowest BCUT2D eigenvalue weighted by atomic mass is 10.1. The number of aliphatic hydroxyl groups excluding tert-OH is 1. The van der Waals surface area contributed by atoms with Gasteiger partial charge >= 0.3 is 12.1 Å². The van der Waals surface area contributed by atoms with E-state index in [4.69, 9.17) is 4.74 Å². The van der Waals surface area contributed by atoms with Crippen LogP contribution in [-0.2, 0) is 22.7 Å². The van der Waals surface area contributed by atoms with E-state index in [9.17, 15) is 14.7 Å². The molecule has 2 rings (SSSR count). The van der Waals surface area contributed by atoms with Crippen LogP contribution in [-0.4, -0.2) is 24.3 Å². The number of hydrogen-bond donors (Lipinski definition) is 2. The Bertz CT molecular complexity index is 685. The van der Waals surface area contributed by atoms with Gasteiger partial charge in [0.2, 0.25) is 0 Å². The lowest BCUT2D eigenvalue weighted by molar-refractivity contribution is 0.0600. The van der Waals surface area contributed by atoms with Gasteiger partial charge in [-0.15, -0.1) is 0 Å². The molecule has 0 saturated carbocycles. The summed E-state index contributed by atoms with van der Waals surface area (Å²) in [6, 6.07) is 13.8. The zero-order valence-corrected chi connectivity index (χ0v) is 12.6. The van der Waals surface area contributed by atoms with Gasteiger partial charge in [-0.05, 0) is 29.3 Å². The third-order valence-electron chi connectivity index (χ3n) is 3.06. The number of rotatable bonds is 5. The molecule has 0 radical (unpaired) electrons. The highest BCUT2D eigenvalue weighted by atomic mass is 16.5. The standard InChI is InChI=1S/C17H17NO5/c1-22-16(20)14-7-13(10-19)8-15(9-14)18-17(21)23-11-12-5-3-2-4-6-12/h2-9,19H,10-11H2,1H3,(H,18,21). The summed E-state index contributed by atoms with van der Waals surface area (Å²) in [5.41, 5.74) is 1.92. The molecule has 0 aliphatic heterocycles. The van der Waals surface area contributed by atoms with Crippen molar-refractivity contribution < 1.29 is 24.2 Å².